The van der Waals surface area contributed by atoms with Gasteiger partial charge in [-0.05, 0) is 31.2 Å². The minimum absolute atomic E-state index is 0.0949. The van der Waals surface area contributed by atoms with E-state index in [4.69, 9.17) is 21.2 Å². The van der Waals surface area contributed by atoms with Crippen LogP contribution in [0.15, 0.2) is 35.0 Å². The molecule has 0 amide bonds. The van der Waals surface area contributed by atoms with Crippen LogP contribution in [0.3, 0.4) is 0 Å². The number of benzene rings is 1. The second-order valence-electron chi connectivity index (χ2n) is 5.86. The molecule has 8 heteroatoms. The molecule has 2 heterocycles. The van der Waals surface area contributed by atoms with Crippen LogP contribution in [0.2, 0.25) is 5.02 Å². The normalized spacial score (nSPS) is 10.9. The summed E-state index contributed by atoms with van der Waals surface area (Å²) >= 11 is 5.88. The van der Waals surface area contributed by atoms with Crippen molar-refractivity contribution < 1.29 is 19.2 Å². The first-order valence-electron chi connectivity index (χ1n) is 7.88. The van der Waals surface area contributed by atoms with E-state index in [2.05, 4.69) is 10.3 Å². The fourth-order valence-corrected chi connectivity index (χ4v) is 2.86. The highest BCUT2D eigenvalue weighted by molar-refractivity contribution is 6.30. The Bertz CT molecular complexity index is 973. The monoisotopic (exact) mass is 373 g/mol. The van der Waals surface area contributed by atoms with Crippen molar-refractivity contribution in [1.82, 2.24) is 14.9 Å². The molecule has 7 nitrogen and oxygen atoms in total. The molecule has 26 heavy (non-hydrogen) atoms. The standard InChI is InChI=1S/C18H16ClN3O4/c1-10-16(14(26-21-10)7-8-15(23)24)13-9-22(2)20-17(13)18(25)11-3-5-12(19)6-4-11/h3-6,9H,7-8H2,1-2H3,(H,23,24). The Morgan fingerprint density at radius 2 is 1.96 bits per heavy atom. The van der Waals surface area contributed by atoms with E-state index in [0.29, 0.717) is 33.2 Å². The van der Waals surface area contributed by atoms with Gasteiger partial charge >= 0.3 is 5.97 Å². The van der Waals surface area contributed by atoms with Crippen LogP contribution in [0.25, 0.3) is 11.1 Å². The summed E-state index contributed by atoms with van der Waals surface area (Å²) < 4.78 is 6.82. The molecule has 0 bridgehead atoms. The molecule has 0 saturated carbocycles. The highest BCUT2D eigenvalue weighted by Gasteiger charge is 2.25. The van der Waals surface area contributed by atoms with Gasteiger partial charge in [-0.2, -0.15) is 5.10 Å². The van der Waals surface area contributed by atoms with E-state index in [9.17, 15) is 9.59 Å². The SMILES string of the molecule is Cc1noc(CCC(=O)O)c1-c1cn(C)nc1C(=O)c1ccc(Cl)cc1. The molecular weight excluding hydrogens is 358 g/mol. The Morgan fingerprint density at radius 3 is 2.62 bits per heavy atom. The maximum atomic E-state index is 12.9. The summed E-state index contributed by atoms with van der Waals surface area (Å²) in [5.74, 6) is -0.779. The second kappa shape index (κ2) is 7.13. The number of aromatic nitrogens is 3. The summed E-state index contributed by atoms with van der Waals surface area (Å²) in [6.45, 7) is 1.74. The number of carboxylic acids is 1. The number of halogens is 1. The maximum absolute atomic E-state index is 12.9. The topological polar surface area (TPSA) is 98.2 Å². The largest absolute Gasteiger partial charge is 0.481 e. The molecule has 3 aromatic rings. The molecule has 0 saturated heterocycles. The number of nitrogens with zero attached hydrogens (tertiary/aromatic N) is 3. The Balaban J connectivity index is 2.05. The minimum Gasteiger partial charge on any atom is -0.481 e. The number of carboxylic acid groups (broad SMARTS) is 1. The molecule has 0 aliphatic carbocycles. The van der Waals surface area contributed by atoms with Crippen molar-refractivity contribution in [2.24, 2.45) is 7.05 Å². The lowest BCUT2D eigenvalue weighted by atomic mass is 9.98. The number of carbonyl (C=O) groups is 2. The number of aliphatic carboxylic acids is 1. The third-order valence-corrected chi connectivity index (χ3v) is 4.17. The third-order valence-electron chi connectivity index (χ3n) is 3.92. The van der Waals surface area contributed by atoms with Crippen LogP contribution in [-0.2, 0) is 18.3 Å². The van der Waals surface area contributed by atoms with Gasteiger partial charge in [0.05, 0.1) is 17.7 Å². The molecule has 0 radical (unpaired) electrons. The quantitative estimate of drug-likeness (QED) is 0.666. The molecule has 0 atom stereocenters. The van der Waals surface area contributed by atoms with E-state index >= 15 is 0 Å². The number of ketones is 1. The first-order chi connectivity index (χ1) is 12.4. The fourth-order valence-electron chi connectivity index (χ4n) is 2.73. The molecule has 134 valence electrons. The lowest BCUT2D eigenvalue weighted by Crippen LogP contribution is -2.05. The van der Waals surface area contributed by atoms with Gasteiger partial charge in [0, 0.05) is 35.8 Å². The van der Waals surface area contributed by atoms with Crippen molar-refractivity contribution in [1.29, 1.82) is 0 Å². The molecule has 1 N–H and O–H groups in total. The van der Waals surface area contributed by atoms with Gasteiger partial charge in [0.15, 0.2) is 0 Å². The third kappa shape index (κ3) is 3.52. The molecule has 1 aromatic carbocycles. The van der Waals surface area contributed by atoms with Gasteiger partial charge in [-0.15, -0.1) is 0 Å². The first kappa shape index (κ1) is 17.9. The van der Waals surface area contributed by atoms with E-state index < -0.39 is 5.97 Å². The summed E-state index contributed by atoms with van der Waals surface area (Å²) in [5, 5.41) is 17.7. The lowest BCUT2D eigenvalue weighted by molar-refractivity contribution is -0.137. The summed E-state index contributed by atoms with van der Waals surface area (Å²) in [6.07, 6.45) is 1.78. The predicted octanol–water partition coefficient (Wildman–Crippen LogP) is 3.29. The van der Waals surface area contributed by atoms with Crippen molar-refractivity contribution >= 4 is 23.4 Å². The van der Waals surface area contributed by atoms with Gasteiger partial charge in [0.2, 0.25) is 5.78 Å². The van der Waals surface area contributed by atoms with Crippen molar-refractivity contribution in [2.75, 3.05) is 0 Å². The van der Waals surface area contributed by atoms with Crippen LogP contribution in [0, 0.1) is 6.92 Å². The molecule has 0 fully saturated rings. The van der Waals surface area contributed by atoms with Crippen LogP contribution in [-0.4, -0.2) is 31.8 Å². The molecule has 0 spiro atoms. The molecule has 3 rings (SSSR count). The minimum atomic E-state index is -0.936. The number of hydrogen-bond donors (Lipinski definition) is 1. The van der Waals surface area contributed by atoms with Gasteiger partial charge in [-0.1, -0.05) is 16.8 Å². The average Bonchev–Trinajstić information content (AvgIpc) is 3.15. The van der Waals surface area contributed by atoms with E-state index in [-0.39, 0.29) is 24.3 Å². The van der Waals surface area contributed by atoms with Gasteiger partial charge in [-0.25, -0.2) is 0 Å². The second-order valence-corrected chi connectivity index (χ2v) is 6.30. The highest BCUT2D eigenvalue weighted by Crippen LogP contribution is 2.32. The Kier molecular flexibility index (Phi) is 4.90. The summed E-state index contributed by atoms with van der Waals surface area (Å²) in [6, 6.07) is 6.55. The van der Waals surface area contributed by atoms with E-state index in [0.717, 1.165) is 0 Å². The maximum Gasteiger partial charge on any atom is 0.303 e. The molecule has 0 aliphatic heterocycles. The lowest BCUT2D eigenvalue weighted by Gasteiger charge is -2.03. The van der Waals surface area contributed by atoms with Crippen LogP contribution >= 0.6 is 11.6 Å². The first-order valence-corrected chi connectivity index (χ1v) is 8.26. The molecule has 0 unspecified atom stereocenters. The van der Waals surface area contributed by atoms with Crippen molar-refractivity contribution in [3.05, 3.63) is 58.2 Å². The summed E-state index contributed by atoms with van der Waals surface area (Å²) in [5.41, 5.74) is 2.44. The Morgan fingerprint density at radius 1 is 1.27 bits per heavy atom. The van der Waals surface area contributed by atoms with Crippen molar-refractivity contribution in [3.8, 4) is 11.1 Å². The number of rotatable bonds is 6. The fraction of sp³-hybridized carbons (Fsp3) is 0.222. The van der Waals surface area contributed by atoms with Gasteiger partial charge < -0.3 is 9.63 Å². The van der Waals surface area contributed by atoms with Crippen LogP contribution in [0.4, 0.5) is 0 Å². The average molecular weight is 374 g/mol. The molecular formula is C18H16ClN3O4. The van der Waals surface area contributed by atoms with Crippen molar-refractivity contribution in [3.63, 3.8) is 0 Å². The molecule has 0 aliphatic rings. The zero-order valence-corrected chi connectivity index (χ0v) is 14.9. The Labute approximate surface area is 154 Å². The van der Waals surface area contributed by atoms with Crippen LogP contribution < -0.4 is 0 Å². The summed E-state index contributed by atoms with van der Waals surface area (Å²) in [4.78, 5) is 23.8. The van der Waals surface area contributed by atoms with E-state index in [1.54, 1.807) is 44.4 Å². The van der Waals surface area contributed by atoms with Gasteiger partial charge in [0.25, 0.3) is 0 Å². The van der Waals surface area contributed by atoms with Crippen LogP contribution in [0.1, 0.15) is 33.9 Å². The smallest absolute Gasteiger partial charge is 0.303 e. The Hall–Kier alpha value is -2.93. The zero-order valence-electron chi connectivity index (χ0n) is 14.2. The number of carbonyl (C=O) groups excluding carboxylic acids is 1. The zero-order chi connectivity index (χ0) is 18.8. The highest BCUT2D eigenvalue weighted by atomic mass is 35.5. The van der Waals surface area contributed by atoms with E-state index in [1.165, 1.54) is 4.68 Å². The van der Waals surface area contributed by atoms with Gasteiger partial charge in [-0.3, -0.25) is 14.3 Å². The van der Waals surface area contributed by atoms with Crippen LogP contribution in [0.5, 0.6) is 0 Å². The van der Waals surface area contributed by atoms with Crippen molar-refractivity contribution in [2.45, 2.75) is 19.8 Å². The van der Waals surface area contributed by atoms with Gasteiger partial charge in [0.1, 0.15) is 11.5 Å². The number of hydrogen-bond acceptors (Lipinski definition) is 5. The summed E-state index contributed by atoms with van der Waals surface area (Å²) in [7, 11) is 1.71. The number of aryl methyl sites for hydroxylation is 3. The van der Waals surface area contributed by atoms with E-state index in [1.807, 2.05) is 0 Å². The molecule has 2 aromatic heterocycles. The predicted molar refractivity (Wildman–Crippen MR) is 94.3 cm³/mol.